The van der Waals surface area contributed by atoms with Gasteiger partial charge in [0.15, 0.2) is 0 Å². The summed E-state index contributed by atoms with van der Waals surface area (Å²) in [6, 6.07) is 17.9. The fourth-order valence-corrected chi connectivity index (χ4v) is 2.54. The highest BCUT2D eigenvalue weighted by Crippen LogP contribution is 2.21. The van der Waals surface area contributed by atoms with Crippen LogP contribution in [0.15, 0.2) is 54.6 Å². The van der Waals surface area contributed by atoms with Crippen molar-refractivity contribution in [3.05, 3.63) is 54.6 Å². The van der Waals surface area contributed by atoms with Gasteiger partial charge in [0.25, 0.3) is 0 Å². The third-order valence-corrected chi connectivity index (χ3v) is 3.89. The highest BCUT2D eigenvalue weighted by atomic mass is 15.3. The van der Waals surface area contributed by atoms with Crippen molar-refractivity contribution < 1.29 is 0 Å². The van der Waals surface area contributed by atoms with Gasteiger partial charge in [-0.25, -0.2) is 0 Å². The molecule has 1 heterocycles. The lowest BCUT2D eigenvalue weighted by Gasteiger charge is -2.19. The molecular formula is C19H23N7. The van der Waals surface area contributed by atoms with Crippen molar-refractivity contribution >= 4 is 34.9 Å². The van der Waals surface area contributed by atoms with Gasteiger partial charge < -0.3 is 21.3 Å². The number of aromatic nitrogens is 3. The number of nitrogens with one attached hydrogen (secondary N) is 2. The Balaban J connectivity index is 1.73. The smallest absolute Gasteiger partial charge is 0.233 e. The minimum Gasteiger partial charge on any atom is -0.368 e. The van der Waals surface area contributed by atoms with Crippen molar-refractivity contribution in [1.29, 1.82) is 0 Å². The van der Waals surface area contributed by atoms with Gasteiger partial charge in [0.2, 0.25) is 17.8 Å². The van der Waals surface area contributed by atoms with Crippen LogP contribution in [0.25, 0.3) is 0 Å². The van der Waals surface area contributed by atoms with E-state index in [0.717, 1.165) is 30.2 Å². The lowest BCUT2D eigenvalue weighted by Crippen LogP contribution is -2.25. The normalized spacial score (nSPS) is 10.4. The van der Waals surface area contributed by atoms with Crippen molar-refractivity contribution in [3.63, 3.8) is 0 Å². The molecule has 4 N–H and O–H groups in total. The van der Waals surface area contributed by atoms with Gasteiger partial charge in [0, 0.05) is 30.2 Å². The van der Waals surface area contributed by atoms with E-state index in [9.17, 15) is 0 Å². The minimum atomic E-state index is 0.201. The first-order chi connectivity index (χ1) is 12.7. The Labute approximate surface area is 153 Å². The number of anilines is 6. The van der Waals surface area contributed by atoms with Crippen LogP contribution in [0.5, 0.6) is 0 Å². The molecule has 0 unspecified atom stereocenters. The molecule has 3 aromatic rings. The van der Waals surface area contributed by atoms with Gasteiger partial charge in [0.1, 0.15) is 0 Å². The Bertz CT molecular complexity index is 830. The Morgan fingerprint density at radius 2 is 1.35 bits per heavy atom. The zero-order valence-corrected chi connectivity index (χ0v) is 15.0. The molecule has 0 saturated carbocycles. The molecule has 0 atom stereocenters. The van der Waals surface area contributed by atoms with E-state index < -0.39 is 0 Å². The molecular weight excluding hydrogens is 326 g/mol. The molecule has 0 aliphatic rings. The lowest BCUT2D eigenvalue weighted by molar-refractivity contribution is 0.816. The highest BCUT2D eigenvalue weighted by molar-refractivity contribution is 5.64. The molecule has 7 heteroatoms. The summed E-state index contributed by atoms with van der Waals surface area (Å²) in [4.78, 5) is 14.9. The third-order valence-electron chi connectivity index (χ3n) is 3.89. The monoisotopic (exact) mass is 349 g/mol. The summed E-state index contributed by atoms with van der Waals surface area (Å²) in [6.07, 6.45) is 0. The van der Waals surface area contributed by atoms with Crippen molar-refractivity contribution in [1.82, 2.24) is 15.0 Å². The molecule has 0 aliphatic carbocycles. The van der Waals surface area contributed by atoms with E-state index in [1.54, 1.807) is 0 Å². The number of nitrogens with two attached hydrogens (primary N) is 1. The van der Waals surface area contributed by atoms with Crippen LogP contribution in [-0.4, -0.2) is 28.0 Å². The first-order valence-electron chi connectivity index (χ1n) is 8.63. The van der Waals surface area contributed by atoms with E-state index in [4.69, 9.17) is 5.73 Å². The summed E-state index contributed by atoms with van der Waals surface area (Å²) in [6.45, 7) is 5.71. The first kappa shape index (κ1) is 17.5. The number of nitrogen functional groups attached to an aromatic ring is 1. The number of hydrogen-bond donors (Lipinski definition) is 3. The van der Waals surface area contributed by atoms with Crippen LogP contribution in [0.4, 0.5) is 34.9 Å². The summed E-state index contributed by atoms with van der Waals surface area (Å²) < 4.78 is 0. The molecule has 0 aliphatic heterocycles. The van der Waals surface area contributed by atoms with Gasteiger partial charge in [-0.3, -0.25) is 0 Å². The average Bonchev–Trinajstić information content (AvgIpc) is 2.65. The molecule has 7 nitrogen and oxygen atoms in total. The highest BCUT2D eigenvalue weighted by Gasteiger charge is 2.10. The van der Waals surface area contributed by atoms with Crippen LogP contribution in [-0.2, 0) is 0 Å². The summed E-state index contributed by atoms with van der Waals surface area (Å²) in [5.41, 5.74) is 8.75. The van der Waals surface area contributed by atoms with Gasteiger partial charge in [-0.2, -0.15) is 15.0 Å². The predicted molar refractivity (Wildman–Crippen MR) is 107 cm³/mol. The van der Waals surface area contributed by atoms with Gasteiger partial charge >= 0.3 is 0 Å². The van der Waals surface area contributed by atoms with Gasteiger partial charge in [-0.1, -0.05) is 18.2 Å². The molecule has 0 fully saturated rings. The molecule has 0 bridgehead atoms. The topological polar surface area (TPSA) is 92.0 Å². The maximum atomic E-state index is 5.83. The van der Waals surface area contributed by atoms with Crippen molar-refractivity contribution in [2.24, 2.45) is 0 Å². The van der Waals surface area contributed by atoms with Crippen molar-refractivity contribution in [2.45, 2.75) is 13.8 Å². The zero-order valence-electron chi connectivity index (χ0n) is 15.0. The molecule has 3 rings (SSSR count). The molecule has 2 aromatic carbocycles. The van der Waals surface area contributed by atoms with E-state index in [2.05, 4.69) is 39.4 Å². The fourth-order valence-electron chi connectivity index (χ4n) is 2.54. The van der Waals surface area contributed by atoms with Crippen LogP contribution in [0.3, 0.4) is 0 Å². The average molecular weight is 349 g/mol. The molecule has 0 amide bonds. The third kappa shape index (κ3) is 4.38. The van der Waals surface area contributed by atoms with Crippen LogP contribution in [0.2, 0.25) is 0 Å². The first-order valence-corrected chi connectivity index (χ1v) is 8.63. The number of nitrogens with zero attached hydrogens (tertiary/aromatic N) is 4. The lowest BCUT2D eigenvalue weighted by atomic mass is 10.2. The largest absolute Gasteiger partial charge is 0.368 e. The van der Waals surface area contributed by atoms with Crippen molar-refractivity contribution in [3.8, 4) is 0 Å². The maximum Gasteiger partial charge on any atom is 0.233 e. The molecule has 134 valence electrons. The van der Waals surface area contributed by atoms with Gasteiger partial charge in [-0.05, 0) is 50.2 Å². The van der Waals surface area contributed by atoms with Crippen LogP contribution >= 0.6 is 0 Å². The SMILES string of the molecule is CCN(CC)c1nc(N)nc(Nc2ccc(Nc3ccccc3)cc2)n1. The number of para-hydroxylation sites is 1. The molecule has 0 radical (unpaired) electrons. The van der Waals surface area contributed by atoms with Crippen molar-refractivity contribution in [2.75, 3.05) is 34.4 Å². The molecule has 0 spiro atoms. The number of hydrogen-bond acceptors (Lipinski definition) is 7. The van der Waals surface area contributed by atoms with E-state index in [1.165, 1.54) is 0 Å². The quantitative estimate of drug-likeness (QED) is 0.597. The van der Waals surface area contributed by atoms with E-state index in [1.807, 2.05) is 59.5 Å². The molecule has 0 saturated heterocycles. The van der Waals surface area contributed by atoms with Gasteiger partial charge in [-0.15, -0.1) is 0 Å². The van der Waals surface area contributed by atoms with E-state index in [-0.39, 0.29) is 5.95 Å². The van der Waals surface area contributed by atoms with Crippen LogP contribution in [0, 0.1) is 0 Å². The minimum absolute atomic E-state index is 0.201. The summed E-state index contributed by atoms with van der Waals surface area (Å²) >= 11 is 0. The Morgan fingerprint density at radius 1 is 0.769 bits per heavy atom. The van der Waals surface area contributed by atoms with Gasteiger partial charge in [0.05, 0.1) is 0 Å². The molecule has 1 aromatic heterocycles. The second-order valence-corrected chi connectivity index (χ2v) is 5.68. The second kappa shape index (κ2) is 8.15. The fraction of sp³-hybridized carbons (Fsp3) is 0.211. The predicted octanol–water partition coefficient (Wildman–Crippen LogP) is 3.79. The standard InChI is InChI=1S/C19H23N7/c1-3-26(4-2)19-24-17(20)23-18(25-19)22-16-12-10-15(11-13-16)21-14-8-6-5-7-9-14/h5-13,21H,3-4H2,1-2H3,(H3,20,22,23,24,25). The van der Waals surface area contributed by atoms with E-state index in [0.29, 0.717) is 11.9 Å². The second-order valence-electron chi connectivity index (χ2n) is 5.68. The molecule has 26 heavy (non-hydrogen) atoms. The Kier molecular flexibility index (Phi) is 5.48. The Morgan fingerprint density at radius 3 is 1.96 bits per heavy atom. The number of rotatable bonds is 7. The van der Waals surface area contributed by atoms with Crippen LogP contribution in [0.1, 0.15) is 13.8 Å². The van der Waals surface area contributed by atoms with Crippen LogP contribution < -0.4 is 21.3 Å². The number of benzene rings is 2. The maximum absolute atomic E-state index is 5.83. The summed E-state index contributed by atoms with van der Waals surface area (Å²) in [5.74, 6) is 1.21. The van der Waals surface area contributed by atoms with E-state index >= 15 is 0 Å². The summed E-state index contributed by atoms with van der Waals surface area (Å²) in [5, 5.41) is 6.53. The zero-order chi connectivity index (χ0) is 18.4. The Hall–Kier alpha value is -3.35. The summed E-state index contributed by atoms with van der Waals surface area (Å²) in [7, 11) is 0.